The predicted molar refractivity (Wildman–Crippen MR) is 67.7 cm³/mol. The molecule has 6 heteroatoms. The Hall–Kier alpha value is -1.95. The molecule has 19 heavy (non-hydrogen) atoms. The maximum Gasteiger partial charge on any atom is 0.248 e. The van der Waals surface area contributed by atoms with Crippen LogP contribution in [0.2, 0.25) is 0 Å². The number of hydrogen-bond acceptors (Lipinski definition) is 5. The van der Waals surface area contributed by atoms with Crippen molar-refractivity contribution in [1.29, 1.82) is 0 Å². The van der Waals surface area contributed by atoms with Crippen LogP contribution in [0.4, 0.5) is 0 Å². The van der Waals surface area contributed by atoms with Crippen LogP contribution in [-0.2, 0) is 4.74 Å². The van der Waals surface area contributed by atoms with Crippen LogP contribution >= 0.6 is 0 Å². The summed E-state index contributed by atoms with van der Waals surface area (Å²) in [5.74, 6) is 1.11. The topological polar surface area (TPSA) is 81.0 Å². The Morgan fingerprint density at radius 2 is 2.32 bits per heavy atom. The Bertz CT molecular complexity index is 619. The molecule has 1 saturated heterocycles. The van der Waals surface area contributed by atoms with Gasteiger partial charge in [-0.2, -0.15) is 4.98 Å². The number of rotatable bonds is 2. The highest BCUT2D eigenvalue weighted by molar-refractivity contribution is 5.47. The monoisotopic (exact) mass is 261 g/mol. The van der Waals surface area contributed by atoms with Crippen molar-refractivity contribution in [1.82, 2.24) is 15.1 Å². The van der Waals surface area contributed by atoms with Gasteiger partial charge in [0.15, 0.2) is 0 Å². The summed E-state index contributed by atoms with van der Waals surface area (Å²) in [6, 6.07) is 4.86. The average Bonchev–Trinajstić information content (AvgIpc) is 2.89. The van der Waals surface area contributed by atoms with Gasteiger partial charge < -0.3 is 14.2 Å². The third kappa shape index (κ3) is 2.44. The number of pyridine rings is 1. The second kappa shape index (κ2) is 4.97. The van der Waals surface area contributed by atoms with E-state index < -0.39 is 0 Å². The van der Waals surface area contributed by atoms with Gasteiger partial charge in [0, 0.05) is 12.7 Å². The van der Waals surface area contributed by atoms with E-state index in [2.05, 4.69) is 15.1 Å². The molecule has 1 fully saturated rings. The molecule has 0 radical (unpaired) electrons. The van der Waals surface area contributed by atoms with Crippen molar-refractivity contribution in [3.63, 3.8) is 0 Å². The van der Waals surface area contributed by atoms with Gasteiger partial charge in [-0.15, -0.1) is 0 Å². The van der Waals surface area contributed by atoms with Gasteiger partial charge in [0.25, 0.3) is 0 Å². The molecule has 2 unspecified atom stereocenters. The Morgan fingerprint density at radius 3 is 3.11 bits per heavy atom. The Kier molecular flexibility index (Phi) is 3.16. The number of nitrogens with one attached hydrogen (secondary N) is 1. The van der Waals surface area contributed by atoms with Gasteiger partial charge in [0.1, 0.15) is 0 Å². The number of nitrogens with zero attached hydrogens (tertiary/aromatic N) is 2. The molecule has 0 bridgehead atoms. The number of H-pyrrole nitrogens is 1. The maximum atomic E-state index is 11.3. The molecule has 0 spiro atoms. The number of hydrogen-bond donors (Lipinski definition) is 1. The summed E-state index contributed by atoms with van der Waals surface area (Å²) >= 11 is 0. The first-order valence-electron chi connectivity index (χ1n) is 6.39. The zero-order chi connectivity index (χ0) is 13.2. The second-order valence-electron chi connectivity index (χ2n) is 4.71. The zero-order valence-electron chi connectivity index (χ0n) is 10.6. The highest BCUT2D eigenvalue weighted by Gasteiger charge is 2.28. The van der Waals surface area contributed by atoms with Gasteiger partial charge in [0.2, 0.25) is 17.3 Å². The van der Waals surface area contributed by atoms with Crippen LogP contribution in [-0.4, -0.2) is 27.8 Å². The minimum absolute atomic E-state index is 0.0804. The van der Waals surface area contributed by atoms with Crippen molar-refractivity contribution in [2.45, 2.75) is 31.8 Å². The van der Waals surface area contributed by atoms with Crippen molar-refractivity contribution in [2.24, 2.45) is 0 Å². The molecule has 0 aliphatic carbocycles. The second-order valence-corrected chi connectivity index (χ2v) is 4.71. The van der Waals surface area contributed by atoms with Gasteiger partial charge in [-0.25, -0.2) is 0 Å². The van der Waals surface area contributed by atoms with Crippen LogP contribution in [0.5, 0.6) is 0 Å². The molecule has 1 aliphatic rings. The first-order valence-corrected chi connectivity index (χ1v) is 6.39. The van der Waals surface area contributed by atoms with Gasteiger partial charge in [-0.05, 0) is 25.8 Å². The maximum absolute atomic E-state index is 11.3. The van der Waals surface area contributed by atoms with E-state index in [0.717, 1.165) is 19.4 Å². The molecule has 2 aromatic rings. The molecule has 0 saturated carbocycles. The molecule has 1 N–H and O–H groups in total. The van der Waals surface area contributed by atoms with Crippen LogP contribution in [0.25, 0.3) is 11.5 Å². The lowest BCUT2D eigenvalue weighted by atomic mass is 9.95. The van der Waals surface area contributed by atoms with E-state index in [0.29, 0.717) is 17.4 Å². The SMILES string of the molecule is CC1OCCCC1c1nc(-c2cccc(=O)[nH]2)no1. The fraction of sp³-hybridized carbons (Fsp3) is 0.462. The third-order valence-corrected chi connectivity index (χ3v) is 3.38. The van der Waals surface area contributed by atoms with Gasteiger partial charge >= 0.3 is 0 Å². The molecule has 100 valence electrons. The van der Waals surface area contributed by atoms with E-state index in [9.17, 15) is 4.79 Å². The van der Waals surface area contributed by atoms with Crippen LogP contribution in [0.3, 0.4) is 0 Å². The van der Waals surface area contributed by atoms with E-state index >= 15 is 0 Å². The van der Waals surface area contributed by atoms with Crippen molar-refractivity contribution >= 4 is 0 Å². The molecular formula is C13H15N3O3. The molecule has 6 nitrogen and oxygen atoms in total. The Morgan fingerprint density at radius 1 is 1.42 bits per heavy atom. The molecule has 2 aromatic heterocycles. The summed E-state index contributed by atoms with van der Waals surface area (Å²) in [4.78, 5) is 18.3. The fourth-order valence-corrected chi connectivity index (χ4v) is 2.32. The summed E-state index contributed by atoms with van der Waals surface area (Å²) in [6.45, 7) is 2.79. The Labute approximate surface area is 109 Å². The first-order chi connectivity index (χ1) is 9.24. The summed E-state index contributed by atoms with van der Waals surface area (Å²) in [6.07, 6.45) is 2.06. The van der Waals surface area contributed by atoms with Crippen LogP contribution < -0.4 is 5.56 Å². The molecule has 1 aliphatic heterocycles. The van der Waals surface area contributed by atoms with E-state index in [-0.39, 0.29) is 17.6 Å². The van der Waals surface area contributed by atoms with E-state index in [1.807, 2.05) is 6.92 Å². The smallest absolute Gasteiger partial charge is 0.248 e. The molecule has 2 atom stereocenters. The highest BCUT2D eigenvalue weighted by atomic mass is 16.5. The van der Waals surface area contributed by atoms with E-state index in [1.165, 1.54) is 6.07 Å². The zero-order valence-corrected chi connectivity index (χ0v) is 10.6. The van der Waals surface area contributed by atoms with Gasteiger partial charge in [-0.1, -0.05) is 11.2 Å². The fourth-order valence-electron chi connectivity index (χ4n) is 2.32. The lowest BCUT2D eigenvalue weighted by Crippen LogP contribution is -2.25. The highest BCUT2D eigenvalue weighted by Crippen LogP contribution is 2.30. The van der Waals surface area contributed by atoms with Crippen LogP contribution in [0, 0.1) is 0 Å². The van der Waals surface area contributed by atoms with Crippen molar-refractivity contribution in [2.75, 3.05) is 6.61 Å². The predicted octanol–water partition coefficient (Wildman–Crippen LogP) is 1.71. The molecule has 3 rings (SSSR count). The number of ether oxygens (including phenoxy) is 1. The molecule has 3 heterocycles. The van der Waals surface area contributed by atoms with Crippen molar-refractivity contribution < 1.29 is 9.26 Å². The summed E-state index contributed by atoms with van der Waals surface area (Å²) < 4.78 is 10.9. The Balaban J connectivity index is 1.89. The normalized spacial score (nSPS) is 23.4. The lowest BCUT2D eigenvalue weighted by Gasteiger charge is -2.25. The quantitative estimate of drug-likeness (QED) is 0.890. The first kappa shape index (κ1) is 12.1. The van der Waals surface area contributed by atoms with Gasteiger partial charge in [-0.3, -0.25) is 4.79 Å². The van der Waals surface area contributed by atoms with Crippen molar-refractivity contribution in [3.05, 3.63) is 34.4 Å². The van der Waals surface area contributed by atoms with E-state index in [4.69, 9.17) is 9.26 Å². The molecule has 0 amide bonds. The molecule has 0 aromatic carbocycles. The third-order valence-electron chi connectivity index (χ3n) is 3.38. The summed E-state index contributed by atoms with van der Waals surface area (Å²) in [5.41, 5.74) is 0.380. The largest absolute Gasteiger partial charge is 0.378 e. The average molecular weight is 261 g/mol. The summed E-state index contributed by atoms with van der Waals surface area (Å²) in [7, 11) is 0. The number of aromatic amines is 1. The molecular weight excluding hydrogens is 246 g/mol. The van der Waals surface area contributed by atoms with Crippen LogP contribution in [0.15, 0.2) is 27.5 Å². The lowest BCUT2D eigenvalue weighted by molar-refractivity contribution is 0.00332. The minimum atomic E-state index is -0.182. The van der Waals surface area contributed by atoms with E-state index in [1.54, 1.807) is 12.1 Å². The van der Waals surface area contributed by atoms with Crippen LogP contribution in [0.1, 0.15) is 31.6 Å². The summed E-state index contributed by atoms with van der Waals surface area (Å²) in [5, 5.41) is 3.93. The van der Waals surface area contributed by atoms with Gasteiger partial charge in [0.05, 0.1) is 17.7 Å². The standard InChI is InChI=1S/C13H15N3O3/c1-8-9(4-3-7-18-8)13-15-12(16-19-13)10-5-2-6-11(17)14-10/h2,5-6,8-9H,3-4,7H2,1H3,(H,14,17). The van der Waals surface area contributed by atoms with Crippen molar-refractivity contribution in [3.8, 4) is 11.5 Å². The minimum Gasteiger partial charge on any atom is -0.378 e. The number of aromatic nitrogens is 3.